The van der Waals surface area contributed by atoms with E-state index in [2.05, 4.69) is 5.32 Å². The van der Waals surface area contributed by atoms with E-state index in [1.165, 1.54) is 0 Å². The minimum atomic E-state index is -0.872. The van der Waals surface area contributed by atoms with E-state index in [1.807, 2.05) is 0 Å². The minimum absolute atomic E-state index is 0.0148. The lowest BCUT2D eigenvalue weighted by Gasteiger charge is -2.10. The molecule has 0 spiro atoms. The first-order valence-electron chi connectivity index (χ1n) is 4.76. The van der Waals surface area contributed by atoms with Crippen molar-refractivity contribution in [3.05, 3.63) is 0 Å². The number of rotatable bonds is 9. The maximum Gasteiger partial charge on any atom is 0.303 e. The highest BCUT2D eigenvalue weighted by Gasteiger charge is 2.05. The number of aliphatic carboxylic acids is 1. The monoisotopic (exact) mass is 205 g/mol. The molecule has 0 saturated carbocycles. The van der Waals surface area contributed by atoms with Gasteiger partial charge in [0.25, 0.3) is 0 Å². The Morgan fingerprint density at radius 3 is 2.86 bits per heavy atom. The summed E-state index contributed by atoms with van der Waals surface area (Å²) >= 11 is 0. The van der Waals surface area contributed by atoms with E-state index in [0.29, 0.717) is 19.6 Å². The van der Waals surface area contributed by atoms with Crippen molar-refractivity contribution in [2.45, 2.75) is 25.4 Å². The Kier molecular flexibility index (Phi) is 8.51. The molecule has 0 rings (SSSR count). The molecule has 0 heterocycles. The van der Waals surface area contributed by atoms with E-state index < -0.39 is 12.1 Å². The maximum absolute atomic E-state index is 10.2. The van der Waals surface area contributed by atoms with Crippen LogP contribution in [0.2, 0.25) is 0 Å². The van der Waals surface area contributed by atoms with Crippen molar-refractivity contribution in [2.75, 3.05) is 26.8 Å². The fourth-order valence-electron chi connectivity index (χ4n) is 1.00. The first kappa shape index (κ1) is 13.4. The number of aliphatic hydroxyl groups is 1. The minimum Gasteiger partial charge on any atom is -0.481 e. The quantitative estimate of drug-likeness (QED) is 0.456. The number of ether oxygens (including phenoxy) is 1. The molecule has 0 bridgehead atoms. The van der Waals surface area contributed by atoms with Crippen LogP contribution in [-0.2, 0) is 9.53 Å². The zero-order valence-corrected chi connectivity index (χ0v) is 8.53. The van der Waals surface area contributed by atoms with Crippen molar-refractivity contribution in [1.29, 1.82) is 0 Å². The van der Waals surface area contributed by atoms with Crippen molar-refractivity contribution in [3.63, 3.8) is 0 Å². The van der Waals surface area contributed by atoms with Gasteiger partial charge in [-0.15, -0.1) is 0 Å². The summed E-state index contributed by atoms with van der Waals surface area (Å²) in [6, 6.07) is 0. The summed E-state index contributed by atoms with van der Waals surface area (Å²) in [4.78, 5) is 10.2. The lowest BCUT2D eigenvalue weighted by atomic mass is 10.2. The Morgan fingerprint density at radius 2 is 2.29 bits per heavy atom. The number of carboxylic acid groups (broad SMARTS) is 1. The molecular weight excluding hydrogens is 186 g/mol. The van der Waals surface area contributed by atoms with Gasteiger partial charge in [0.05, 0.1) is 6.10 Å². The molecule has 0 aromatic heterocycles. The Hall–Kier alpha value is -0.650. The van der Waals surface area contributed by atoms with Gasteiger partial charge in [-0.3, -0.25) is 4.79 Å². The van der Waals surface area contributed by atoms with Gasteiger partial charge in [0, 0.05) is 26.7 Å². The largest absolute Gasteiger partial charge is 0.481 e. The van der Waals surface area contributed by atoms with Gasteiger partial charge in [0.15, 0.2) is 0 Å². The Bertz CT molecular complexity index is 152. The van der Waals surface area contributed by atoms with Crippen LogP contribution in [0.15, 0.2) is 0 Å². The molecule has 84 valence electrons. The molecule has 5 nitrogen and oxygen atoms in total. The summed E-state index contributed by atoms with van der Waals surface area (Å²) in [6.45, 7) is 1.91. The van der Waals surface area contributed by atoms with Crippen molar-refractivity contribution < 1.29 is 19.7 Å². The Balaban J connectivity index is 3.18. The zero-order chi connectivity index (χ0) is 10.8. The summed E-state index contributed by atoms with van der Waals surface area (Å²) in [6.07, 6.45) is 0.629. The van der Waals surface area contributed by atoms with Crippen molar-refractivity contribution >= 4 is 5.97 Å². The zero-order valence-electron chi connectivity index (χ0n) is 8.53. The number of aliphatic hydroxyl groups excluding tert-OH is 1. The van der Waals surface area contributed by atoms with Crippen LogP contribution in [0.1, 0.15) is 19.3 Å². The molecular formula is C9H19NO4. The first-order chi connectivity index (χ1) is 6.66. The molecule has 0 fully saturated rings. The van der Waals surface area contributed by atoms with Crippen LogP contribution < -0.4 is 5.32 Å². The first-order valence-corrected chi connectivity index (χ1v) is 4.76. The SMILES string of the molecule is COCCCNCC(O)CCC(=O)O. The van der Waals surface area contributed by atoms with Crippen LogP contribution in [0.3, 0.4) is 0 Å². The van der Waals surface area contributed by atoms with Crippen LogP contribution in [0.25, 0.3) is 0 Å². The lowest BCUT2D eigenvalue weighted by molar-refractivity contribution is -0.137. The fourth-order valence-corrected chi connectivity index (χ4v) is 1.00. The summed E-state index contributed by atoms with van der Waals surface area (Å²) < 4.78 is 4.85. The van der Waals surface area contributed by atoms with Gasteiger partial charge in [-0.05, 0) is 19.4 Å². The van der Waals surface area contributed by atoms with Gasteiger partial charge in [-0.1, -0.05) is 0 Å². The van der Waals surface area contributed by atoms with Crippen LogP contribution in [0.5, 0.6) is 0 Å². The topological polar surface area (TPSA) is 78.8 Å². The molecule has 0 amide bonds. The molecule has 0 aliphatic rings. The number of nitrogens with one attached hydrogen (secondary N) is 1. The summed E-state index contributed by atoms with van der Waals surface area (Å²) in [5.41, 5.74) is 0. The van der Waals surface area contributed by atoms with E-state index in [1.54, 1.807) is 7.11 Å². The third-order valence-electron chi connectivity index (χ3n) is 1.77. The van der Waals surface area contributed by atoms with E-state index in [0.717, 1.165) is 13.0 Å². The van der Waals surface area contributed by atoms with Gasteiger partial charge in [-0.2, -0.15) is 0 Å². The predicted octanol–water partition coefficient (Wildman–Crippen LogP) is -0.162. The maximum atomic E-state index is 10.2. The lowest BCUT2D eigenvalue weighted by Crippen LogP contribution is -2.28. The molecule has 5 heteroatoms. The Morgan fingerprint density at radius 1 is 1.57 bits per heavy atom. The number of hydrogen-bond acceptors (Lipinski definition) is 4. The summed E-state index contributed by atoms with van der Waals surface area (Å²) in [5.74, 6) is -0.872. The predicted molar refractivity (Wildman–Crippen MR) is 52.2 cm³/mol. The molecule has 0 aliphatic carbocycles. The smallest absolute Gasteiger partial charge is 0.303 e. The van der Waals surface area contributed by atoms with Crippen LogP contribution in [-0.4, -0.2) is 49.1 Å². The second-order valence-corrected chi connectivity index (χ2v) is 3.14. The molecule has 3 N–H and O–H groups in total. The Labute approximate surface area is 84.1 Å². The van der Waals surface area contributed by atoms with E-state index >= 15 is 0 Å². The molecule has 1 unspecified atom stereocenters. The number of methoxy groups -OCH3 is 1. The van der Waals surface area contributed by atoms with Crippen molar-refractivity contribution in [3.8, 4) is 0 Å². The standard InChI is InChI=1S/C9H19NO4/c1-14-6-2-5-10-7-8(11)3-4-9(12)13/h8,10-11H,2-7H2,1H3,(H,12,13). The van der Waals surface area contributed by atoms with Gasteiger partial charge >= 0.3 is 5.97 Å². The molecule has 0 aromatic rings. The van der Waals surface area contributed by atoms with Gasteiger partial charge in [0.1, 0.15) is 0 Å². The third-order valence-corrected chi connectivity index (χ3v) is 1.77. The highest BCUT2D eigenvalue weighted by molar-refractivity contribution is 5.66. The number of hydrogen-bond donors (Lipinski definition) is 3. The van der Waals surface area contributed by atoms with Crippen LogP contribution in [0, 0.1) is 0 Å². The van der Waals surface area contributed by atoms with Gasteiger partial charge in [-0.25, -0.2) is 0 Å². The fraction of sp³-hybridized carbons (Fsp3) is 0.889. The van der Waals surface area contributed by atoms with E-state index in [9.17, 15) is 9.90 Å². The van der Waals surface area contributed by atoms with E-state index in [4.69, 9.17) is 9.84 Å². The molecule has 0 aliphatic heterocycles. The summed E-state index contributed by atoms with van der Waals surface area (Å²) in [7, 11) is 1.64. The second-order valence-electron chi connectivity index (χ2n) is 3.14. The third kappa shape index (κ3) is 9.44. The summed E-state index contributed by atoms with van der Waals surface area (Å²) in [5, 5.41) is 20.7. The normalized spacial score (nSPS) is 12.7. The van der Waals surface area contributed by atoms with Crippen molar-refractivity contribution in [1.82, 2.24) is 5.32 Å². The molecule has 0 saturated heterocycles. The molecule has 0 radical (unpaired) electrons. The second kappa shape index (κ2) is 8.93. The van der Waals surface area contributed by atoms with E-state index in [-0.39, 0.29) is 6.42 Å². The molecule has 0 aromatic carbocycles. The average molecular weight is 205 g/mol. The molecule has 1 atom stereocenters. The van der Waals surface area contributed by atoms with Crippen LogP contribution in [0.4, 0.5) is 0 Å². The average Bonchev–Trinajstić information content (AvgIpc) is 2.14. The number of carboxylic acids is 1. The molecule has 14 heavy (non-hydrogen) atoms. The van der Waals surface area contributed by atoms with Gasteiger partial charge < -0.3 is 20.3 Å². The highest BCUT2D eigenvalue weighted by atomic mass is 16.5. The van der Waals surface area contributed by atoms with Crippen LogP contribution >= 0.6 is 0 Å². The number of carbonyl (C=O) groups is 1. The van der Waals surface area contributed by atoms with Gasteiger partial charge in [0.2, 0.25) is 0 Å². The highest BCUT2D eigenvalue weighted by Crippen LogP contribution is 1.95. The van der Waals surface area contributed by atoms with Crippen molar-refractivity contribution in [2.24, 2.45) is 0 Å².